The standard InChI is InChI=1S/C17H25N3O4/c1-3-20(4-2)9-5-8-18-16(21)17(22)19-11-13-6-7-14-15(10-13)24-12-23-14/h6-7,10H,3-5,8-9,11-12H2,1-2H3,(H,18,21)(H,19,22). The summed E-state index contributed by atoms with van der Waals surface area (Å²) in [4.78, 5) is 25.8. The molecule has 1 aromatic rings. The molecular formula is C17H25N3O4. The van der Waals surface area contributed by atoms with Crippen LogP contribution in [0.25, 0.3) is 0 Å². The molecule has 0 saturated carbocycles. The maximum atomic E-state index is 11.8. The van der Waals surface area contributed by atoms with E-state index in [1.807, 2.05) is 6.07 Å². The summed E-state index contributed by atoms with van der Waals surface area (Å²) in [6.07, 6.45) is 0.822. The van der Waals surface area contributed by atoms with E-state index in [2.05, 4.69) is 29.4 Å². The van der Waals surface area contributed by atoms with Gasteiger partial charge in [0.15, 0.2) is 11.5 Å². The quantitative estimate of drug-likeness (QED) is 0.545. The highest BCUT2D eigenvalue weighted by molar-refractivity contribution is 6.35. The van der Waals surface area contributed by atoms with Gasteiger partial charge >= 0.3 is 11.8 Å². The summed E-state index contributed by atoms with van der Waals surface area (Å²) in [6, 6.07) is 5.41. The van der Waals surface area contributed by atoms with Gasteiger partial charge in [-0.3, -0.25) is 9.59 Å². The number of nitrogens with zero attached hydrogens (tertiary/aromatic N) is 1. The predicted molar refractivity (Wildman–Crippen MR) is 89.8 cm³/mol. The fourth-order valence-electron chi connectivity index (χ4n) is 2.44. The van der Waals surface area contributed by atoms with E-state index < -0.39 is 11.8 Å². The van der Waals surface area contributed by atoms with Gasteiger partial charge in [-0.2, -0.15) is 0 Å². The molecule has 0 fully saturated rings. The van der Waals surface area contributed by atoms with Crippen LogP contribution in [0, 0.1) is 0 Å². The minimum atomic E-state index is -0.629. The lowest BCUT2D eigenvalue weighted by atomic mass is 10.2. The van der Waals surface area contributed by atoms with E-state index in [1.54, 1.807) is 12.1 Å². The van der Waals surface area contributed by atoms with Crippen molar-refractivity contribution in [3.05, 3.63) is 23.8 Å². The molecule has 0 unspecified atom stereocenters. The Labute approximate surface area is 142 Å². The molecule has 0 saturated heterocycles. The third-order valence-electron chi connectivity index (χ3n) is 3.93. The Kier molecular flexibility index (Phi) is 6.87. The van der Waals surface area contributed by atoms with Crippen LogP contribution in [0.1, 0.15) is 25.8 Å². The van der Waals surface area contributed by atoms with Crippen molar-refractivity contribution in [3.63, 3.8) is 0 Å². The van der Waals surface area contributed by atoms with E-state index in [-0.39, 0.29) is 13.3 Å². The first-order valence-corrected chi connectivity index (χ1v) is 8.31. The van der Waals surface area contributed by atoms with Gasteiger partial charge in [-0.15, -0.1) is 0 Å². The number of amides is 2. The summed E-state index contributed by atoms with van der Waals surface area (Å²) in [5, 5.41) is 5.25. The van der Waals surface area contributed by atoms with Crippen LogP contribution in [-0.4, -0.2) is 49.7 Å². The van der Waals surface area contributed by atoms with E-state index in [0.717, 1.165) is 31.6 Å². The van der Waals surface area contributed by atoms with Gasteiger partial charge in [-0.25, -0.2) is 0 Å². The highest BCUT2D eigenvalue weighted by Crippen LogP contribution is 2.32. The van der Waals surface area contributed by atoms with Gasteiger partial charge in [0.1, 0.15) is 0 Å². The van der Waals surface area contributed by atoms with Crippen LogP contribution in [0.15, 0.2) is 18.2 Å². The lowest BCUT2D eigenvalue weighted by Crippen LogP contribution is -2.40. The van der Waals surface area contributed by atoms with Crippen molar-refractivity contribution >= 4 is 11.8 Å². The van der Waals surface area contributed by atoms with Gasteiger partial charge in [0, 0.05) is 13.1 Å². The van der Waals surface area contributed by atoms with Crippen LogP contribution in [-0.2, 0) is 16.1 Å². The van der Waals surface area contributed by atoms with Crippen molar-refractivity contribution in [2.24, 2.45) is 0 Å². The van der Waals surface area contributed by atoms with E-state index in [1.165, 1.54) is 0 Å². The molecule has 0 bridgehead atoms. The monoisotopic (exact) mass is 335 g/mol. The SMILES string of the molecule is CCN(CC)CCCNC(=O)C(=O)NCc1ccc2c(c1)OCO2. The Bertz CT molecular complexity index is 573. The molecule has 1 aliphatic rings. The molecule has 0 aromatic heterocycles. The predicted octanol–water partition coefficient (Wildman–Crippen LogP) is 0.880. The van der Waals surface area contributed by atoms with Crippen LogP contribution < -0.4 is 20.1 Å². The number of benzene rings is 1. The second-order valence-corrected chi connectivity index (χ2v) is 5.51. The molecule has 2 rings (SSSR count). The van der Waals surface area contributed by atoms with Gasteiger partial charge in [0.2, 0.25) is 6.79 Å². The van der Waals surface area contributed by atoms with Crippen molar-refractivity contribution < 1.29 is 19.1 Å². The number of rotatable bonds is 8. The molecular weight excluding hydrogens is 310 g/mol. The van der Waals surface area contributed by atoms with Gasteiger partial charge in [0.25, 0.3) is 0 Å². The van der Waals surface area contributed by atoms with Crippen molar-refractivity contribution in [1.82, 2.24) is 15.5 Å². The van der Waals surface area contributed by atoms with Crippen LogP contribution in [0.4, 0.5) is 0 Å². The molecule has 1 aromatic carbocycles. The topological polar surface area (TPSA) is 79.9 Å². The molecule has 0 radical (unpaired) electrons. The lowest BCUT2D eigenvalue weighted by Gasteiger charge is -2.17. The zero-order chi connectivity index (χ0) is 17.4. The molecule has 2 N–H and O–H groups in total. The number of fused-ring (bicyclic) bond motifs is 1. The summed E-state index contributed by atoms with van der Waals surface area (Å²) >= 11 is 0. The van der Waals surface area contributed by atoms with Crippen LogP contribution in [0.3, 0.4) is 0 Å². The second kappa shape index (κ2) is 9.12. The van der Waals surface area contributed by atoms with Gasteiger partial charge < -0.3 is 25.0 Å². The Morgan fingerprint density at radius 1 is 1.08 bits per heavy atom. The number of carbonyl (C=O) groups is 2. The van der Waals surface area contributed by atoms with Gasteiger partial charge in [0.05, 0.1) is 0 Å². The average Bonchev–Trinajstić information content (AvgIpc) is 3.07. The minimum Gasteiger partial charge on any atom is -0.454 e. The number of nitrogens with one attached hydrogen (secondary N) is 2. The normalized spacial score (nSPS) is 12.3. The molecule has 0 spiro atoms. The maximum absolute atomic E-state index is 11.8. The minimum absolute atomic E-state index is 0.209. The van der Waals surface area contributed by atoms with Gasteiger partial charge in [-0.1, -0.05) is 19.9 Å². The fraction of sp³-hybridized carbons (Fsp3) is 0.529. The molecule has 1 aliphatic heterocycles. The second-order valence-electron chi connectivity index (χ2n) is 5.51. The Morgan fingerprint density at radius 2 is 1.79 bits per heavy atom. The molecule has 2 amide bonds. The van der Waals surface area contributed by atoms with Crippen LogP contribution in [0.2, 0.25) is 0 Å². The zero-order valence-corrected chi connectivity index (χ0v) is 14.3. The summed E-state index contributed by atoms with van der Waals surface area (Å²) < 4.78 is 10.5. The number of hydrogen-bond donors (Lipinski definition) is 2. The summed E-state index contributed by atoms with van der Waals surface area (Å²) in [5.74, 6) is 0.115. The molecule has 0 aliphatic carbocycles. The molecule has 7 nitrogen and oxygen atoms in total. The van der Waals surface area contributed by atoms with Crippen LogP contribution in [0.5, 0.6) is 11.5 Å². The number of ether oxygens (including phenoxy) is 2. The maximum Gasteiger partial charge on any atom is 0.309 e. The fourth-order valence-corrected chi connectivity index (χ4v) is 2.44. The van der Waals surface area contributed by atoms with E-state index in [0.29, 0.717) is 18.0 Å². The van der Waals surface area contributed by atoms with Crippen molar-refractivity contribution in [2.75, 3.05) is 33.0 Å². The van der Waals surface area contributed by atoms with Gasteiger partial charge in [-0.05, 0) is 43.8 Å². The Balaban J connectivity index is 1.67. The smallest absolute Gasteiger partial charge is 0.309 e. The first-order chi connectivity index (χ1) is 11.6. The number of carbonyl (C=O) groups excluding carboxylic acids is 2. The Morgan fingerprint density at radius 3 is 2.54 bits per heavy atom. The van der Waals surface area contributed by atoms with E-state index >= 15 is 0 Å². The third-order valence-corrected chi connectivity index (χ3v) is 3.93. The molecule has 0 atom stereocenters. The molecule has 1 heterocycles. The zero-order valence-electron chi connectivity index (χ0n) is 14.3. The largest absolute Gasteiger partial charge is 0.454 e. The van der Waals surface area contributed by atoms with E-state index in [4.69, 9.17) is 9.47 Å². The Hall–Kier alpha value is -2.28. The molecule has 24 heavy (non-hydrogen) atoms. The van der Waals surface area contributed by atoms with Crippen molar-refractivity contribution in [2.45, 2.75) is 26.8 Å². The summed E-state index contributed by atoms with van der Waals surface area (Å²) in [7, 11) is 0. The first-order valence-electron chi connectivity index (χ1n) is 8.31. The molecule has 7 heteroatoms. The summed E-state index contributed by atoms with van der Waals surface area (Å²) in [6.45, 7) is 8.06. The lowest BCUT2D eigenvalue weighted by molar-refractivity contribution is -0.139. The van der Waals surface area contributed by atoms with Crippen molar-refractivity contribution in [1.29, 1.82) is 0 Å². The highest BCUT2D eigenvalue weighted by atomic mass is 16.7. The first kappa shape index (κ1) is 18.1. The van der Waals surface area contributed by atoms with Crippen molar-refractivity contribution in [3.8, 4) is 11.5 Å². The summed E-state index contributed by atoms with van der Waals surface area (Å²) in [5.41, 5.74) is 0.849. The third kappa shape index (κ3) is 5.13. The van der Waals surface area contributed by atoms with E-state index in [9.17, 15) is 9.59 Å². The number of hydrogen-bond acceptors (Lipinski definition) is 5. The molecule has 132 valence electrons. The average molecular weight is 335 g/mol. The van der Waals surface area contributed by atoms with Crippen LogP contribution >= 0.6 is 0 Å². The highest BCUT2D eigenvalue weighted by Gasteiger charge is 2.15.